The molecule has 1 radical (unpaired) electrons. The van der Waals surface area contributed by atoms with E-state index in [-0.39, 0.29) is 0 Å². The average Bonchev–Trinajstić information content (AvgIpc) is 2.09. The molecule has 0 fully saturated rings. The predicted octanol–water partition coefficient (Wildman–Crippen LogP) is 3.69. The molecule has 2 rings (SSSR count). The van der Waals surface area contributed by atoms with Crippen LogP contribution in [0.2, 0.25) is 0 Å². The van der Waals surface area contributed by atoms with Crippen LogP contribution in [0.1, 0.15) is 11.1 Å². The van der Waals surface area contributed by atoms with E-state index in [1.54, 1.807) is 0 Å². The van der Waals surface area contributed by atoms with E-state index < -0.39 is 0 Å². The molecule has 65 valence electrons. The second-order valence-corrected chi connectivity index (χ2v) is 2.80. The molecule has 0 aromatic heterocycles. The monoisotopic (exact) mass is 189 g/mol. The second kappa shape index (κ2) is 4.74. The zero-order valence-electron chi connectivity index (χ0n) is 7.40. The number of aryl methyl sites for hydroxylation is 1. The average molecular weight is 189 g/mol. The Labute approximate surface area is 80.4 Å². The van der Waals surface area contributed by atoms with Crippen molar-refractivity contribution in [3.05, 3.63) is 53.6 Å². The highest BCUT2D eigenvalue weighted by atomic mass is 31.0. The molecule has 0 unspecified atom stereocenters. The molecule has 13 heavy (non-hydrogen) atoms. The van der Waals surface area contributed by atoms with Gasteiger partial charge in [-0.15, -0.1) is 0 Å². The van der Waals surface area contributed by atoms with Crippen molar-refractivity contribution in [3.8, 4) is 0 Å². The molecule has 0 spiro atoms. The first-order chi connectivity index (χ1) is 6.38. The van der Waals surface area contributed by atoms with Gasteiger partial charge in [0.2, 0.25) is 0 Å². The van der Waals surface area contributed by atoms with E-state index in [9.17, 15) is 0 Å². The molecular formula is C11H10OP. The molecule has 1 aliphatic carbocycles. The van der Waals surface area contributed by atoms with Gasteiger partial charge in [0.15, 0.2) is 0 Å². The van der Waals surface area contributed by atoms with Crippen molar-refractivity contribution in [3.63, 3.8) is 0 Å². The summed E-state index contributed by atoms with van der Waals surface area (Å²) >= 11 is 0. The van der Waals surface area contributed by atoms with Crippen molar-refractivity contribution in [1.82, 2.24) is 0 Å². The molecule has 0 bridgehead atoms. The van der Waals surface area contributed by atoms with Gasteiger partial charge >= 0.3 is 0 Å². The molecule has 1 aliphatic rings. The van der Waals surface area contributed by atoms with Crippen LogP contribution in [0.15, 0.2) is 42.5 Å². The summed E-state index contributed by atoms with van der Waals surface area (Å²) in [6, 6.07) is 8.45. The molecule has 0 saturated carbocycles. The Kier molecular flexibility index (Phi) is 3.60. The lowest BCUT2D eigenvalue weighted by Crippen LogP contribution is -1.88. The molecule has 0 aliphatic heterocycles. The highest BCUT2D eigenvalue weighted by molar-refractivity contribution is 7.00. The molecular weight excluding hydrogens is 179 g/mol. The Bertz CT molecular complexity index is 353. The lowest BCUT2D eigenvalue weighted by Gasteiger charge is -2.09. The van der Waals surface area contributed by atoms with Gasteiger partial charge in [-0.2, -0.15) is 0 Å². The highest BCUT2D eigenvalue weighted by Crippen LogP contribution is 2.24. The second-order valence-electron chi connectivity index (χ2n) is 2.80. The zero-order valence-corrected chi connectivity index (χ0v) is 8.29. The summed E-state index contributed by atoms with van der Waals surface area (Å²) < 4.78 is 7.94. The molecule has 0 saturated heterocycles. The number of hydrogen-bond donors (Lipinski definition) is 0. The summed E-state index contributed by atoms with van der Waals surface area (Å²) in [7, 11) is 2.28. The SMILES string of the molecule is Cc1ccccc1C1=CC=C1.O=[P]. The van der Waals surface area contributed by atoms with Crippen LogP contribution in [0.3, 0.4) is 0 Å². The summed E-state index contributed by atoms with van der Waals surface area (Å²) in [6.07, 6.45) is 6.35. The molecule has 2 heteroatoms. The minimum atomic E-state index is 1.35. The topological polar surface area (TPSA) is 17.1 Å². The Morgan fingerprint density at radius 2 is 1.77 bits per heavy atom. The van der Waals surface area contributed by atoms with Crippen molar-refractivity contribution < 1.29 is 4.57 Å². The molecule has 0 amide bonds. The van der Waals surface area contributed by atoms with Crippen LogP contribution < -0.4 is 0 Å². The fraction of sp³-hybridized carbons (Fsp3) is 0.0909. The van der Waals surface area contributed by atoms with Crippen molar-refractivity contribution in [1.29, 1.82) is 0 Å². The minimum absolute atomic E-state index is 1.35. The van der Waals surface area contributed by atoms with Crippen LogP contribution in [-0.2, 0) is 4.57 Å². The summed E-state index contributed by atoms with van der Waals surface area (Å²) in [4.78, 5) is 0. The van der Waals surface area contributed by atoms with Gasteiger partial charge in [0.25, 0.3) is 9.12 Å². The third-order valence-corrected chi connectivity index (χ3v) is 2.01. The number of rotatable bonds is 1. The van der Waals surface area contributed by atoms with Crippen LogP contribution in [-0.4, -0.2) is 0 Å². The molecule has 1 aromatic carbocycles. The zero-order chi connectivity index (χ0) is 9.68. The number of benzene rings is 1. The van der Waals surface area contributed by atoms with Crippen LogP contribution in [0.25, 0.3) is 5.57 Å². The number of allylic oxidation sites excluding steroid dienone is 4. The Balaban J connectivity index is 0.000000396. The third kappa shape index (κ3) is 2.13. The third-order valence-electron chi connectivity index (χ3n) is 2.01. The van der Waals surface area contributed by atoms with Crippen LogP contribution in [0, 0.1) is 6.92 Å². The standard InChI is InChI=1S/C11H10.OP/c1-9-5-2-3-8-11(9)10-6-4-7-10;1-2/h2-8H,1H3;. The Morgan fingerprint density at radius 1 is 1.15 bits per heavy atom. The maximum absolute atomic E-state index is 7.94. The lowest BCUT2D eigenvalue weighted by molar-refractivity contribution is 0.607. The van der Waals surface area contributed by atoms with E-state index in [0.29, 0.717) is 0 Å². The highest BCUT2D eigenvalue weighted by Gasteiger charge is 2.03. The van der Waals surface area contributed by atoms with E-state index in [4.69, 9.17) is 4.57 Å². The fourth-order valence-electron chi connectivity index (χ4n) is 1.27. The first kappa shape index (κ1) is 9.88. The van der Waals surface area contributed by atoms with Crippen molar-refractivity contribution in [2.24, 2.45) is 0 Å². The van der Waals surface area contributed by atoms with E-state index >= 15 is 0 Å². The van der Waals surface area contributed by atoms with Crippen molar-refractivity contribution in [2.75, 3.05) is 0 Å². The minimum Gasteiger partial charge on any atom is -0.261 e. The lowest BCUT2D eigenvalue weighted by atomic mass is 9.96. The van der Waals surface area contributed by atoms with Gasteiger partial charge in [-0.1, -0.05) is 42.5 Å². The molecule has 0 N–H and O–H groups in total. The van der Waals surface area contributed by atoms with Gasteiger partial charge in [-0.05, 0) is 23.6 Å². The molecule has 1 aromatic rings. The van der Waals surface area contributed by atoms with E-state index in [2.05, 4.69) is 58.5 Å². The van der Waals surface area contributed by atoms with Crippen LogP contribution in [0.5, 0.6) is 0 Å². The van der Waals surface area contributed by atoms with Gasteiger partial charge in [-0.3, -0.25) is 4.57 Å². The van der Waals surface area contributed by atoms with Crippen molar-refractivity contribution >= 4 is 14.7 Å². The summed E-state index contributed by atoms with van der Waals surface area (Å²) in [5.41, 5.74) is 4.06. The Morgan fingerprint density at radius 3 is 2.23 bits per heavy atom. The van der Waals surface area contributed by atoms with E-state index in [1.807, 2.05) is 0 Å². The van der Waals surface area contributed by atoms with Gasteiger partial charge < -0.3 is 0 Å². The quantitative estimate of drug-likeness (QED) is 0.615. The van der Waals surface area contributed by atoms with E-state index in [0.717, 1.165) is 0 Å². The molecule has 1 nitrogen and oxygen atoms in total. The first-order valence-electron chi connectivity index (χ1n) is 4.00. The van der Waals surface area contributed by atoms with Gasteiger partial charge in [0.1, 0.15) is 0 Å². The largest absolute Gasteiger partial charge is 0.261 e. The maximum Gasteiger partial charge on any atom is 0.261 e. The first-order valence-corrected chi connectivity index (χ1v) is 4.37. The van der Waals surface area contributed by atoms with Crippen LogP contribution >= 0.6 is 9.12 Å². The predicted molar refractivity (Wildman–Crippen MR) is 55.9 cm³/mol. The molecule has 0 heterocycles. The molecule has 0 atom stereocenters. The van der Waals surface area contributed by atoms with Crippen LogP contribution in [0.4, 0.5) is 0 Å². The summed E-state index contributed by atoms with van der Waals surface area (Å²) in [6.45, 7) is 2.14. The van der Waals surface area contributed by atoms with Gasteiger partial charge in [-0.25, -0.2) is 0 Å². The van der Waals surface area contributed by atoms with Gasteiger partial charge in [0.05, 0.1) is 0 Å². The maximum atomic E-state index is 7.94. The van der Waals surface area contributed by atoms with Gasteiger partial charge in [0, 0.05) is 0 Å². The van der Waals surface area contributed by atoms with E-state index in [1.165, 1.54) is 16.7 Å². The summed E-state index contributed by atoms with van der Waals surface area (Å²) in [5, 5.41) is 0. The fourth-order valence-corrected chi connectivity index (χ4v) is 1.27. The Hall–Kier alpha value is -1.20. The normalized spacial score (nSPS) is 12.2. The summed E-state index contributed by atoms with van der Waals surface area (Å²) in [5.74, 6) is 0. The van der Waals surface area contributed by atoms with Crippen molar-refractivity contribution in [2.45, 2.75) is 6.92 Å². The number of hydrogen-bond acceptors (Lipinski definition) is 1. The smallest absolute Gasteiger partial charge is 0.261 e.